The van der Waals surface area contributed by atoms with E-state index in [4.69, 9.17) is 5.11 Å². The van der Waals surface area contributed by atoms with Crippen LogP contribution in [-0.4, -0.2) is 73.4 Å². The van der Waals surface area contributed by atoms with Crippen molar-refractivity contribution in [3.05, 3.63) is 0 Å². The Bertz CT molecular complexity index is 189. The van der Waals surface area contributed by atoms with Crippen LogP contribution >= 0.6 is 0 Å². The fourth-order valence-electron chi connectivity index (χ4n) is 2.63. The van der Waals surface area contributed by atoms with Crippen LogP contribution in [0.4, 0.5) is 0 Å². The summed E-state index contributed by atoms with van der Waals surface area (Å²) in [4.78, 5) is 5.17. The third kappa shape index (κ3) is 3.42. The van der Waals surface area contributed by atoms with E-state index in [9.17, 15) is 0 Å². The van der Waals surface area contributed by atoms with Crippen molar-refractivity contribution in [2.24, 2.45) is 0 Å². The molecular formula is C12H25N3O. The second-order valence-corrected chi connectivity index (χ2v) is 4.98. The van der Waals surface area contributed by atoms with Crippen LogP contribution in [0.25, 0.3) is 0 Å². The second-order valence-electron chi connectivity index (χ2n) is 4.98. The Kier molecular flexibility index (Phi) is 5.03. The van der Waals surface area contributed by atoms with Crippen molar-refractivity contribution in [1.29, 1.82) is 0 Å². The number of hydrogen-bond acceptors (Lipinski definition) is 4. The second kappa shape index (κ2) is 6.55. The molecule has 16 heavy (non-hydrogen) atoms. The molecule has 0 amide bonds. The average Bonchev–Trinajstić information content (AvgIpc) is 2.28. The molecule has 0 aromatic carbocycles. The summed E-state index contributed by atoms with van der Waals surface area (Å²) < 4.78 is 0. The normalized spacial score (nSPS) is 24.6. The van der Waals surface area contributed by atoms with Gasteiger partial charge in [-0.05, 0) is 25.8 Å². The molecule has 4 heteroatoms. The summed E-state index contributed by atoms with van der Waals surface area (Å²) in [5.74, 6) is 0. The van der Waals surface area contributed by atoms with E-state index in [2.05, 4.69) is 15.1 Å². The Morgan fingerprint density at radius 3 is 2.50 bits per heavy atom. The summed E-state index contributed by atoms with van der Waals surface area (Å²) in [5.41, 5.74) is 0. The van der Waals surface area contributed by atoms with E-state index in [0.29, 0.717) is 6.61 Å². The predicted octanol–water partition coefficient (Wildman–Crippen LogP) is -0.262. The zero-order valence-corrected chi connectivity index (χ0v) is 10.2. The maximum Gasteiger partial charge on any atom is 0.0431 e. The monoisotopic (exact) mass is 227 g/mol. The first-order valence-electron chi connectivity index (χ1n) is 6.68. The molecule has 0 saturated carbocycles. The molecule has 0 aliphatic carbocycles. The van der Waals surface area contributed by atoms with Crippen molar-refractivity contribution >= 4 is 0 Å². The van der Waals surface area contributed by atoms with Crippen LogP contribution in [-0.2, 0) is 0 Å². The average molecular weight is 227 g/mol. The quantitative estimate of drug-likeness (QED) is 0.613. The first-order chi connectivity index (χ1) is 7.90. The molecule has 0 unspecified atom stereocenters. The summed E-state index contributed by atoms with van der Waals surface area (Å²) in [6.45, 7) is 8.87. The Labute approximate surface area is 98.6 Å². The molecule has 0 aromatic heterocycles. The molecule has 4 nitrogen and oxygen atoms in total. The maximum absolute atomic E-state index is 8.69. The number of piperazine rings is 1. The van der Waals surface area contributed by atoms with Gasteiger partial charge in [0.15, 0.2) is 0 Å². The van der Waals surface area contributed by atoms with Crippen LogP contribution in [0.15, 0.2) is 0 Å². The number of aliphatic hydroxyl groups excluding tert-OH is 1. The van der Waals surface area contributed by atoms with Crippen LogP contribution in [0.3, 0.4) is 0 Å². The molecule has 0 atom stereocenters. The molecule has 0 spiro atoms. The standard InChI is InChI=1S/C12H25N3O/c16-9-3-1-2-6-14-10-12(11-14)15-7-4-13-5-8-15/h12-13,16H,1-11H2. The topological polar surface area (TPSA) is 38.7 Å². The van der Waals surface area contributed by atoms with Crippen LogP contribution in [0, 0.1) is 0 Å². The Morgan fingerprint density at radius 2 is 1.81 bits per heavy atom. The Hall–Kier alpha value is -0.160. The number of nitrogens with one attached hydrogen (secondary N) is 1. The van der Waals surface area contributed by atoms with Gasteiger partial charge in [0.2, 0.25) is 0 Å². The molecule has 0 bridgehead atoms. The van der Waals surface area contributed by atoms with Crippen molar-refractivity contribution in [2.45, 2.75) is 25.3 Å². The minimum atomic E-state index is 0.351. The number of nitrogens with zero attached hydrogens (tertiary/aromatic N) is 2. The molecule has 2 N–H and O–H groups in total. The van der Waals surface area contributed by atoms with Gasteiger partial charge in [-0.3, -0.25) is 4.90 Å². The molecule has 2 rings (SSSR count). The van der Waals surface area contributed by atoms with Crippen molar-refractivity contribution in [2.75, 3.05) is 52.4 Å². The van der Waals surface area contributed by atoms with Gasteiger partial charge in [-0.1, -0.05) is 0 Å². The number of aliphatic hydroxyl groups is 1. The van der Waals surface area contributed by atoms with Crippen molar-refractivity contribution in [1.82, 2.24) is 15.1 Å². The Morgan fingerprint density at radius 1 is 1.06 bits per heavy atom. The number of likely N-dealkylation sites (tertiary alicyclic amines) is 1. The van der Waals surface area contributed by atoms with Crippen LogP contribution in [0.1, 0.15) is 19.3 Å². The van der Waals surface area contributed by atoms with Gasteiger partial charge < -0.3 is 15.3 Å². The van der Waals surface area contributed by atoms with Gasteiger partial charge in [-0.2, -0.15) is 0 Å². The zero-order valence-electron chi connectivity index (χ0n) is 10.2. The summed E-state index contributed by atoms with van der Waals surface area (Å²) in [7, 11) is 0. The largest absolute Gasteiger partial charge is 0.396 e. The number of hydrogen-bond donors (Lipinski definition) is 2. The van der Waals surface area contributed by atoms with Gasteiger partial charge in [0, 0.05) is 51.9 Å². The lowest BCUT2D eigenvalue weighted by molar-refractivity contribution is 0.0263. The van der Waals surface area contributed by atoms with Gasteiger partial charge in [-0.25, -0.2) is 0 Å². The highest BCUT2D eigenvalue weighted by atomic mass is 16.2. The SMILES string of the molecule is OCCCCCN1CC(N2CCNCC2)C1. The highest BCUT2D eigenvalue weighted by molar-refractivity contribution is 4.89. The summed E-state index contributed by atoms with van der Waals surface area (Å²) >= 11 is 0. The number of rotatable bonds is 6. The van der Waals surface area contributed by atoms with E-state index in [-0.39, 0.29) is 0 Å². The summed E-state index contributed by atoms with van der Waals surface area (Å²) in [5, 5.41) is 12.1. The van der Waals surface area contributed by atoms with Gasteiger partial charge in [0.1, 0.15) is 0 Å². The highest BCUT2D eigenvalue weighted by Gasteiger charge is 2.31. The van der Waals surface area contributed by atoms with Gasteiger partial charge in [-0.15, -0.1) is 0 Å². The third-order valence-corrected chi connectivity index (χ3v) is 3.74. The first kappa shape index (κ1) is 12.3. The van der Waals surface area contributed by atoms with Crippen molar-refractivity contribution in [3.63, 3.8) is 0 Å². The Balaban J connectivity index is 1.51. The van der Waals surface area contributed by atoms with Crippen molar-refractivity contribution in [3.8, 4) is 0 Å². The minimum Gasteiger partial charge on any atom is -0.396 e. The molecule has 2 aliphatic heterocycles. The molecule has 0 radical (unpaired) electrons. The first-order valence-corrected chi connectivity index (χ1v) is 6.68. The van der Waals surface area contributed by atoms with Crippen LogP contribution < -0.4 is 5.32 Å². The number of unbranched alkanes of at least 4 members (excludes halogenated alkanes) is 2. The smallest absolute Gasteiger partial charge is 0.0431 e. The van der Waals surface area contributed by atoms with E-state index >= 15 is 0 Å². The molecule has 2 heterocycles. The molecule has 2 saturated heterocycles. The molecule has 94 valence electrons. The van der Waals surface area contributed by atoms with Gasteiger partial charge in [0.25, 0.3) is 0 Å². The van der Waals surface area contributed by atoms with Crippen molar-refractivity contribution < 1.29 is 5.11 Å². The minimum absolute atomic E-state index is 0.351. The zero-order chi connectivity index (χ0) is 11.2. The molecule has 2 fully saturated rings. The third-order valence-electron chi connectivity index (χ3n) is 3.74. The van der Waals surface area contributed by atoms with Crippen LogP contribution in [0.5, 0.6) is 0 Å². The lowest BCUT2D eigenvalue weighted by atomic mass is 10.1. The molecular weight excluding hydrogens is 202 g/mol. The lowest BCUT2D eigenvalue weighted by Gasteiger charge is -2.47. The van der Waals surface area contributed by atoms with Gasteiger partial charge >= 0.3 is 0 Å². The summed E-state index contributed by atoms with van der Waals surface area (Å²) in [6, 6.07) is 0.819. The van der Waals surface area contributed by atoms with E-state index in [1.54, 1.807) is 0 Å². The van der Waals surface area contributed by atoms with Gasteiger partial charge in [0.05, 0.1) is 0 Å². The fraction of sp³-hybridized carbons (Fsp3) is 1.00. The van der Waals surface area contributed by atoms with E-state index in [1.807, 2.05) is 0 Å². The highest BCUT2D eigenvalue weighted by Crippen LogP contribution is 2.16. The molecule has 0 aromatic rings. The van der Waals surface area contributed by atoms with E-state index < -0.39 is 0 Å². The summed E-state index contributed by atoms with van der Waals surface area (Å²) in [6.07, 6.45) is 3.38. The predicted molar refractivity (Wildman–Crippen MR) is 65.6 cm³/mol. The molecule has 2 aliphatic rings. The lowest BCUT2D eigenvalue weighted by Crippen LogP contribution is -2.62. The van der Waals surface area contributed by atoms with E-state index in [1.165, 1.54) is 45.6 Å². The van der Waals surface area contributed by atoms with E-state index in [0.717, 1.165) is 25.6 Å². The fourth-order valence-corrected chi connectivity index (χ4v) is 2.63. The van der Waals surface area contributed by atoms with Crippen LogP contribution in [0.2, 0.25) is 0 Å². The maximum atomic E-state index is 8.69.